The summed E-state index contributed by atoms with van der Waals surface area (Å²) in [5.74, 6) is -0.130. The van der Waals surface area contributed by atoms with Crippen LogP contribution in [0.1, 0.15) is 36.2 Å². The molecule has 0 spiro atoms. The highest BCUT2D eigenvalue weighted by atomic mass is 16.2. The van der Waals surface area contributed by atoms with Gasteiger partial charge in [-0.15, -0.1) is 0 Å². The number of fused-ring (bicyclic) bond motifs is 1. The number of amides is 1. The number of nitrogens with zero attached hydrogens (tertiary/aromatic N) is 2. The van der Waals surface area contributed by atoms with Crippen molar-refractivity contribution in [3.05, 3.63) is 48.4 Å². The summed E-state index contributed by atoms with van der Waals surface area (Å²) in [6.45, 7) is 0. The fourth-order valence-electron chi connectivity index (χ4n) is 3.42. The molecular weight excluding hydrogens is 314 g/mol. The molecule has 1 aliphatic rings. The molecule has 0 aliphatic heterocycles. The van der Waals surface area contributed by atoms with Gasteiger partial charge in [0.05, 0.1) is 5.52 Å². The number of benzene rings is 1. The van der Waals surface area contributed by atoms with E-state index < -0.39 is 0 Å². The highest BCUT2D eigenvalue weighted by molar-refractivity contribution is 6.05. The summed E-state index contributed by atoms with van der Waals surface area (Å²) in [7, 11) is 0. The predicted octanol–water partition coefficient (Wildman–Crippen LogP) is 2.62. The molecule has 1 fully saturated rings. The van der Waals surface area contributed by atoms with Crippen LogP contribution < -0.4 is 11.1 Å². The number of nitrogens with two attached hydrogens (primary N) is 1. The first-order chi connectivity index (χ1) is 12.2. The molecule has 1 aromatic carbocycles. The number of carbonyl (C=O) groups is 1. The number of rotatable bonds is 3. The molecule has 4 N–H and O–H groups in total. The Morgan fingerprint density at radius 1 is 1.16 bits per heavy atom. The Morgan fingerprint density at radius 3 is 2.76 bits per heavy atom. The zero-order valence-electron chi connectivity index (χ0n) is 13.9. The molecule has 25 heavy (non-hydrogen) atoms. The number of hydrogen-bond acceptors (Lipinski definition) is 4. The molecule has 6 nitrogen and oxygen atoms in total. The second kappa shape index (κ2) is 6.64. The van der Waals surface area contributed by atoms with Crippen molar-refractivity contribution in [2.45, 2.75) is 37.8 Å². The van der Waals surface area contributed by atoms with E-state index in [0.717, 1.165) is 47.7 Å². The van der Waals surface area contributed by atoms with Crippen molar-refractivity contribution >= 4 is 16.8 Å². The molecule has 0 radical (unpaired) electrons. The maximum absolute atomic E-state index is 12.7. The van der Waals surface area contributed by atoms with Gasteiger partial charge in [-0.05, 0) is 49.4 Å². The van der Waals surface area contributed by atoms with Crippen LogP contribution in [0.25, 0.3) is 22.0 Å². The highest BCUT2D eigenvalue weighted by Crippen LogP contribution is 2.25. The Kier molecular flexibility index (Phi) is 4.19. The topological polar surface area (TPSA) is 96.7 Å². The van der Waals surface area contributed by atoms with Gasteiger partial charge in [-0.3, -0.25) is 14.9 Å². The molecule has 1 amide bonds. The second-order valence-electron chi connectivity index (χ2n) is 6.66. The van der Waals surface area contributed by atoms with Crippen molar-refractivity contribution in [3.8, 4) is 11.1 Å². The lowest BCUT2D eigenvalue weighted by Crippen LogP contribution is -2.40. The van der Waals surface area contributed by atoms with Crippen molar-refractivity contribution in [1.29, 1.82) is 0 Å². The van der Waals surface area contributed by atoms with Crippen LogP contribution in [0.15, 0.2) is 42.7 Å². The van der Waals surface area contributed by atoms with Gasteiger partial charge in [0, 0.05) is 35.4 Å². The zero-order valence-corrected chi connectivity index (χ0v) is 13.9. The van der Waals surface area contributed by atoms with E-state index >= 15 is 0 Å². The van der Waals surface area contributed by atoms with Crippen LogP contribution in [-0.2, 0) is 0 Å². The van der Waals surface area contributed by atoms with E-state index in [-0.39, 0.29) is 18.0 Å². The minimum atomic E-state index is -0.130. The first kappa shape index (κ1) is 15.8. The van der Waals surface area contributed by atoms with Crippen LogP contribution in [0.4, 0.5) is 0 Å². The van der Waals surface area contributed by atoms with E-state index in [1.807, 2.05) is 36.5 Å². The summed E-state index contributed by atoms with van der Waals surface area (Å²) in [6, 6.07) is 10.3. The lowest BCUT2D eigenvalue weighted by Gasteiger charge is -2.26. The van der Waals surface area contributed by atoms with Gasteiger partial charge in [0.25, 0.3) is 5.91 Å². The van der Waals surface area contributed by atoms with Crippen LogP contribution in [0, 0.1) is 0 Å². The third kappa shape index (κ3) is 3.25. The summed E-state index contributed by atoms with van der Waals surface area (Å²) in [5, 5.41) is 11.1. The van der Waals surface area contributed by atoms with Gasteiger partial charge in [0.2, 0.25) is 0 Å². The molecule has 1 saturated carbocycles. The van der Waals surface area contributed by atoms with Gasteiger partial charge < -0.3 is 11.1 Å². The molecule has 128 valence electrons. The first-order valence-electron chi connectivity index (χ1n) is 8.65. The van der Waals surface area contributed by atoms with E-state index in [0.29, 0.717) is 5.69 Å². The van der Waals surface area contributed by atoms with Gasteiger partial charge in [-0.1, -0.05) is 12.1 Å². The van der Waals surface area contributed by atoms with Gasteiger partial charge in [-0.2, -0.15) is 5.10 Å². The van der Waals surface area contributed by atoms with Crippen molar-refractivity contribution in [1.82, 2.24) is 20.5 Å². The average molecular weight is 335 g/mol. The normalized spacial score (nSPS) is 20.5. The number of nitrogens with one attached hydrogen (secondary N) is 2. The van der Waals surface area contributed by atoms with Crippen molar-refractivity contribution < 1.29 is 4.79 Å². The minimum absolute atomic E-state index is 0.130. The molecule has 0 unspecified atom stereocenters. The molecule has 4 rings (SSSR count). The molecule has 1 aliphatic carbocycles. The molecule has 2 aromatic heterocycles. The van der Waals surface area contributed by atoms with E-state index in [9.17, 15) is 4.79 Å². The van der Waals surface area contributed by atoms with Crippen LogP contribution in [-0.4, -0.2) is 33.2 Å². The number of carbonyl (C=O) groups excluding carboxylic acids is 1. The summed E-state index contributed by atoms with van der Waals surface area (Å²) in [4.78, 5) is 16.8. The fraction of sp³-hybridized carbons (Fsp3) is 0.316. The number of aromatic nitrogens is 3. The third-order valence-electron chi connectivity index (χ3n) is 4.88. The molecule has 0 bridgehead atoms. The average Bonchev–Trinajstić information content (AvgIpc) is 3.07. The Bertz CT molecular complexity index is 881. The molecular formula is C19H21N5O. The van der Waals surface area contributed by atoms with Crippen molar-refractivity contribution in [3.63, 3.8) is 0 Å². The number of H-pyrrole nitrogens is 1. The summed E-state index contributed by atoms with van der Waals surface area (Å²) < 4.78 is 0. The van der Waals surface area contributed by atoms with E-state index in [1.165, 1.54) is 0 Å². The Labute approximate surface area is 145 Å². The van der Waals surface area contributed by atoms with E-state index in [1.54, 1.807) is 6.20 Å². The Morgan fingerprint density at radius 2 is 2.00 bits per heavy atom. The zero-order chi connectivity index (χ0) is 17.2. The monoisotopic (exact) mass is 335 g/mol. The van der Waals surface area contributed by atoms with Gasteiger partial charge in [0.15, 0.2) is 5.69 Å². The standard InChI is InChI=1S/C19H21N5O/c20-14-4-6-15(7-5-14)22-19(25)18-16-10-12(3-8-17(16)23-24-18)13-2-1-9-21-11-13/h1-3,8-11,14-15H,4-7,20H2,(H,22,25)(H,23,24)/t14-,15-. The Hall–Kier alpha value is -2.73. The number of hydrogen-bond donors (Lipinski definition) is 3. The van der Waals surface area contributed by atoms with Gasteiger partial charge >= 0.3 is 0 Å². The summed E-state index contributed by atoms with van der Waals surface area (Å²) in [5.41, 5.74) is 9.25. The lowest BCUT2D eigenvalue weighted by molar-refractivity contribution is 0.0922. The lowest BCUT2D eigenvalue weighted by atomic mass is 9.92. The Balaban J connectivity index is 1.60. The molecule has 3 aromatic rings. The van der Waals surface area contributed by atoms with Crippen molar-refractivity contribution in [2.75, 3.05) is 0 Å². The first-order valence-corrected chi connectivity index (χ1v) is 8.65. The fourth-order valence-corrected chi connectivity index (χ4v) is 3.42. The maximum Gasteiger partial charge on any atom is 0.272 e. The van der Waals surface area contributed by atoms with E-state index in [4.69, 9.17) is 5.73 Å². The summed E-state index contributed by atoms with van der Waals surface area (Å²) in [6.07, 6.45) is 7.32. The number of pyridine rings is 1. The highest BCUT2D eigenvalue weighted by Gasteiger charge is 2.22. The minimum Gasteiger partial charge on any atom is -0.348 e. The third-order valence-corrected chi connectivity index (χ3v) is 4.88. The van der Waals surface area contributed by atoms with Crippen LogP contribution in [0.2, 0.25) is 0 Å². The maximum atomic E-state index is 12.7. The van der Waals surface area contributed by atoms with E-state index in [2.05, 4.69) is 20.5 Å². The molecule has 0 atom stereocenters. The molecule has 2 heterocycles. The smallest absolute Gasteiger partial charge is 0.272 e. The molecule has 6 heteroatoms. The second-order valence-corrected chi connectivity index (χ2v) is 6.66. The summed E-state index contributed by atoms with van der Waals surface area (Å²) >= 11 is 0. The number of aromatic amines is 1. The largest absolute Gasteiger partial charge is 0.348 e. The van der Waals surface area contributed by atoms with Crippen LogP contribution in [0.3, 0.4) is 0 Å². The quantitative estimate of drug-likeness (QED) is 0.685. The van der Waals surface area contributed by atoms with Crippen LogP contribution >= 0.6 is 0 Å². The van der Waals surface area contributed by atoms with Crippen LogP contribution in [0.5, 0.6) is 0 Å². The SMILES string of the molecule is N[C@H]1CC[C@H](NC(=O)c2n[nH]c3ccc(-c4cccnc4)cc23)CC1. The van der Waals surface area contributed by atoms with Crippen molar-refractivity contribution in [2.24, 2.45) is 5.73 Å². The van der Waals surface area contributed by atoms with Gasteiger partial charge in [-0.25, -0.2) is 0 Å². The predicted molar refractivity (Wildman–Crippen MR) is 97.0 cm³/mol. The molecule has 0 saturated heterocycles. The van der Waals surface area contributed by atoms with Gasteiger partial charge in [0.1, 0.15) is 0 Å².